The number of benzene rings is 7. The molecule has 4 nitrogen and oxygen atoms in total. The monoisotopic (exact) mass is 749 g/mol. The Morgan fingerprint density at radius 2 is 1.28 bits per heavy atom. The number of thioether (sulfide) groups is 1. The summed E-state index contributed by atoms with van der Waals surface area (Å²) in [5.74, 6) is 2.16. The second kappa shape index (κ2) is 13.7. The number of aromatic nitrogens is 3. The summed E-state index contributed by atoms with van der Waals surface area (Å²) >= 11 is 1.91. The lowest BCUT2D eigenvalue weighted by molar-refractivity contribution is 0.669. The van der Waals surface area contributed by atoms with Crippen LogP contribution in [-0.2, 0) is 0 Å². The molecular formula is C52H35N3OS. The van der Waals surface area contributed by atoms with Crippen molar-refractivity contribution in [2.24, 2.45) is 0 Å². The first-order valence-corrected chi connectivity index (χ1v) is 20.2. The fourth-order valence-corrected chi connectivity index (χ4v) is 9.86. The summed E-state index contributed by atoms with van der Waals surface area (Å²) in [6.45, 7) is 2.05. The normalized spacial score (nSPS) is 14.9. The molecule has 1 atom stereocenters. The molecule has 0 N–H and O–H groups in total. The average Bonchev–Trinajstić information content (AvgIpc) is 3.83. The quantitative estimate of drug-likeness (QED) is 0.169. The summed E-state index contributed by atoms with van der Waals surface area (Å²) in [7, 11) is 0. The van der Waals surface area contributed by atoms with E-state index < -0.39 is 0 Å². The topological polar surface area (TPSA) is 51.8 Å². The van der Waals surface area contributed by atoms with E-state index in [1.807, 2.05) is 49.0 Å². The number of rotatable bonds is 6. The van der Waals surface area contributed by atoms with Crippen molar-refractivity contribution in [1.29, 1.82) is 0 Å². The number of furan rings is 1. The lowest BCUT2D eigenvalue weighted by Crippen LogP contribution is -2.03. The molecule has 0 spiro atoms. The van der Waals surface area contributed by atoms with Gasteiger partial charge in [-0.15, -0.1) is 0 Å². The molecular weight excluding hydrogens is 715 g/mol. The number of hydrogen-bond acceptors (Lipinski definition) is 5. The van der Waals surface area contributed by atoms with Gasteiger partial charge in [-0.2, -0.15) is 0 Å². The highest BCUT2D eigenvalue weighted by atomic mass is 32.2. The van der Waals surface area contributed by atoms with Gasteiger partial charge in [-0.05, 0) is 87.8 Å². The lowest BCUT2D eigenvalue weighted by Gasteiger charge is -2.20. The SMILES string of the molecule is C/C=C\c1ccccc1-c1ccc(-c2nc(-c3ccccc3)nc(-c3cc(C4=C5Sc6cc7ccccc7cc6C5CC=C4)cc4oc5ccccc5c34)n2)cc1. The molecule has 1 aliphatic carbocycles. The number of para-hydroxylation sites is 1. The van der Waals surface area contributed by atoms with E-state index in [0.29, 0.717) is 23.4 Å². The van der Waals surface area contributed by atoms with E-state index in [9.17, 15) is 0 Å². The molecule has 0 bridgehead atoms. The van der Waals surface area contributed by atoms with Gasteiger partial charge in [0, 0.05) is 43.2 Å². The second-order valence-electron chi connectivity index (χ2n) is 14.6. The number of hydrogen-bond donors (Lipinski definition) is 0. The Hall–Kier alpha value is -6.82. The van der Waals surface area contributed by atoms with Crippen molar-refractivity contribution in [3.8, 4) is 45.3 Å². The van der Waals surface area contributed by atoms with Gasteiger partial charge in [0.1, 0.15) is 11.2 Å². The first-order chi connectivity index (χ1) is 28.2. The molecule has 0 saturated heterocycles. The van der Waals surface area contributed by atoms with Crippen molar-refractivity contribution in [1.82, 2.24) is 15.0 Å². The van der Waals surface area contributed by atoms with Gasteiger partial charge in [0.15, 0.2) is 17.5 Å². The van der Waals surface area contributed by atoms with E-state index in [-0.39, 0.29) is 0 Å². The van der Waals surface area contributed by atoms with Crippen molar-refractivity contribution in [3.05, 3.63) is 191 Å². The van der Waals surface area contributed by atoms with Crippen molar-refractivity contribution < 1.29 is 4.42 Å². The molecule has 11 rings (SSSR count). The van der Waals surface area contributed by atoms with Crippen LogP contribution in [0.25, 0.3) is 89.7 Å². The number of allylic oxidation sites excluding steroid dienone is 5. The zero-order chi connectivity index (χ0) is 37.9. The Balaban J connectivity index is 1.10. The van der Waals surface area contributed by atoms with Crippen LogP contribution < -0.4 is 0 Å². The Morgan fingerprint density at radius 3 is 2.11 bits per heavy atom. The van der Waals surface area contributed by atoms with Gasteiger partial charge >= 0.3 is 0 Å². The maximum Gasteiger partial charge on any atom is 0.164 e. The molecule has 9 aromatic rings. The minimum absolute atomic E-state index is 0.311. The lowest BCUT2D eigenvalue weighted by atomic mass is 9.86. The molecule has 3 heterocycles. The first-order valence-electron chi connectivity index (χ1n) is 19.4. The van der Waals surface area contributed by atoms with E-state index in [1.165, 1.54) is 42.8 Å². The first kappa shape index (κ1) is 33.5. The van der Waals surface area contributed by atoms with Crippen LogP contribution >= 0.6 is 11.8 Å². The summed E-state index contributed by atoms with van der Waals surface area (Å²) in [5.41, 5.74) is 11.6. The van der Waals surface area contributed by atoms with Crippen molar-refractivity contribution in [2.75, 3.05) is 0 Å². The summed E-state index contributed by atoms with van der Waals surface area (Å²) in [6, 6.07) is 53.4. The molecule has 0 amide bonds. The highest BCUT2D eigenvalue weighted by Crippen LogP contribution is 2.56. The highest BCUT2D eigenvalue weighted by Gasteiger charge is 2.33. The van der Waals surface area contributed by atoms with Gasteiger partial charge in [-0.25, -0.2) is 15.0 Å². The molecule has 7 aromatic carbocycles. The molecule has 5 heteroatoms. The molecule has 1 aliphatic heterocycles. The van der Waals surface area contributed by atoms with E-state index in [4.69, 9.17) is 19.4 Å². The predicted molar refractivity (Wildman–Crippen MR) is 237 cm³/mol. The maximum absolute atomic E-state index is 6.65. The number of nitrogens with zero attached hydrogens (tertiary/aromatic N) is 3. The van der Waals surface area contributed by atoms with Gasteiger partial charge in [0.2, 0.25) is 0 Å². The van der Waals surface area contributed by atoms with Crippen molar-refractivity contribution in [3.63, 3.8) is 0 Å². The third-order valence-corrected chi connectivity index (χ3v) is 12.5. The average molecular weight is 750 g/mol. The van der Waals surface area contributed by atoms with Crippen LogP contribution in [-0.4, -0.2) is 15.0 Å². The molecule has 0 fully saturated rings. The van der Waals surface area contributed by atoms with Crippen molar-refractivity contribution >= 4 is 56.1 Å². The van der Waals surface area contributed by atoms with Gasteiger partial charge in [0.05, 0.1) is 0 Å². The smallest absolute Gasteiger partial charge is 0.164 e. The van der Waals surface area contributed by atoms with E-state index in [0.717, 1.165) is 56.2 Å². The Morgan fingerprint density at radius 1 is 0.596 bits per heavy atom. The fourth-order valence-electron chi connectivity index (χ4n) is 8.46. The summed E-state index contributed by atoms with van der Waals surface area (Å²) in [6.07, 6.45) is 9.82. The molecule has 2 aliphatic rings. The summed E-state index contributed by atoms with van der Waals surface area (Å²) in [5, 5.41) is 4.59. The highest BCUT2D eigenvalue weighted by molar-refractivity contribution is 8.03. The van der Waals surface area contributed by atoms with Crippen LogP contribution in [0.15, 0.2) is 184 Å². The van der Waals surface area contributed by atoms with Crippen LogP contribution in [0.1, 0.15) is 36.0 Å². The summed E-state index contributed by atoms with van der Waals surface area (Å²) in [4.78, 5) is 18.3. The van der Waals surface area contributed by atoms with Gasteiger partial charge in [-0.3, -0.25) is 0 Å². The maximum atomic E-state index is 6.65. The zero-order valence-corrected chi connectivity index (χ0v) is 32.0. The summed E-state index contributed by atoms with van der Waals surface area (Å²) < 4.78 is 6.65. The van der Waals surface area contributed by atoms with Crippen LogP contribution in [0.4, 0.5) is 0 Å². The molecule has 2 aromatic heterocycles. The molecule has 270 valence electrons. The Labute approximate surface area is 335 Å². The van der Waals surface area contributed by atoms with E-state index in [1.54, 1.807) is 0 Å². The van der Waals surface area contributed by atoms with E-state index in [2.05, 4.69) is 146 Å². The third-order valence-electron chi connectivity index (χ3n) is 11.2. The molecule has 0 saturated carbocycles. The third kappa shape index (κ3) is 5.82. The Bertz CT molecular complexity index is 3140. The minimum atomic E-state index is 0.311. The minimum Gasteiger partial charge on any atom is -0.456 e. The van der Waals surface area contributed by atoms with Gasteiger partial charge in [-0.1, -0.05) is 157 Å². The van der Waals surface area contributed by atoms with Crippen molar-refractivity contribution in [2.45, 2.75) is 24.2 Å². The standard InChI is InChI=1S/C52H35N3OS/c1-2-13-32-14-8-9-19-39(32)33-24-26-35(27-25-33)51-53-50(34-15-4-3-5-16-34)54-52(55-51)44-29-38(30-46-48(44)42-20-10-11-23-45(42)56-46)40-21-12-22-41-43-28-36-17-6-7-18-37(36)31-47(43)57-49(40)41/h2-21,23-31,41H,22H2,1H3/b13-2-. The van der Waals surface area contributed by atoms with Crippen LogP contribution in [0.3, 0.4) is 0 Å². The zero-order valence-electron chi connectivity index (χ0n) is 31.2. The van der Waals surface area contributed by atoms with Crippen LogP contribution in [0.2, 0.25) is 0 Å². The van der Waals surface area contributed by atoms with Crippen LogP contribution in [0.5, 0.6) is 0 Å². The molecule has 0 radical (unpaired) electrons. The van der Waals surface area contributed by atoms with Crippen LogP contribution in [0, 0.1) is 0 Å². The van der Waals surface area contributed by atoms with Gasteiger partial charge < -0.3 is 4.42 Å². The second-order valence-corrected chi connectivity index (χ2v) is 15.7. The van der Waals surface area contributed by atoms with E-state index >= 15 is 0 Å². The van der Waals surface area contributed by atoms with Gasteiger partial charge in [0.25, 0.3) is 0 Å². The number of fused-ring (bicyclic) bond motifs is 7. The fraction of sp³-hybridized carbons (Fsp3) is 0.0577. The largest absolute Gasteiger partial charge is 0.456 e. The predicted octanol–water partition coefficient (Wildman–Crippen LogP) is 14.2. The molecule has 57 heavy (non-hydrogen) atoms. The molecule has 1 unspecified atom stereocenters. The Kier molecular flexibility index (Phi) is 8.07.